The number of hydrogen-bond acceptors (Lipinski definition) is 4. The van der Waals surface area contributed by atoms with Crippen molar-refractivity contribution in [3.8, 4) is 0 Å². The summed E-state index contributed by atoms with van der Waals surface area (Å²) in [6.07, 6.45) is 4.66. The van der Waals surface area contributed by atoms with Crippen LogP contribution < -0.4 is 4.90 Å². The van der Waals surface area contributed by atoms with Gasteiger partial charge in [-0.15, -0.1) is 0 Å². The summed E-state index contributed by atoms with van der Waals surface area (Å²) < 4.78 is 4.93. The minimum Gasteiger partial charge on any atom is -0.463 e. The van der Waals surface area contributed by atoms with E-state index in [2.05, 4.69) is 4.98 Å². The number of pyridine rings is 1. The lowest BCUT2D eigenvalue weighted by Crippen LogP contribution is -2.25. The van der Waals surface area contributed by atoms with Gasteiger partial charge in [-0.2, -0.15) is 0 Å². The maximum atomic E-state index is 12.7. The van der Waals surface area contributed by atoms with Crippen LogP contribution in [0.5, 0.6) is 0 Å². The highest BCUT2D eigenvalue weighted by molar-refractivity contribution is 6.34. The monoisotopic (exact) mass is 308 g/mol. The number of ether oxygens (including phenoxy) is 1. The van der Waals surface area contributed by atoms with Crippen molar-refractivity contribution in [1.82, 2.24) is 4.98 Å². The van der Waals surface area contributed by atoms with E-state index in [9.17, 15) is 9.59 Å². The number of carbonyl (C=O) groups is 2. The molecule has 1 aliphatic heterocycles. The van der Waals surface area contributed by atoms with E-state index in [1.807, 2.05) is 36.4 Å². The molecule has 0 aliphatic carbocycles. The maximum Gasteiger partial charge on any atom is 0.331 e. The highest BCUT2D eigenvalue weighted by Gasteiger charge is 2.32. The van der Waals surface area contributed by atoms with Crippen molar-refractivity contribution >= 4 is 23.1 Å². The molecular weight excluding hydrogens is 292 g/mol. The number of aromatic nitrogens is 1. The number of esters is 1. The van der Waals surface area contributed by atoms with Crippen LogP contribution in [0.15, 0.2) is 54.9 Å². The van der Waals surface area contributed by atoms with Gasteiger partial charge in [0.2, 0.25) is 0 Å². The van der Waals surface area contributed by atoms with Gasteiger partial charge in [0, 0.05) is 24.0 Å². The summed E-state index contributed by atoms with van der Waals surface area (Å²) in [6.45, 7) is 2.44. The van der Waals surface area contributed by atoms with Gasteiger partial charge in [0.1, 0.15) is 0 Å². The SMILES string of the molecule is CCOC(=O)/C=C1/C(=O)N(Cc2ccncc2)c2ccccc21. The summed E-state index contributed by atoms with van der Waals surface area (Å²) in [5.41, 5.74) is 2.89. The molecular formula is C18H16N2O3. The quantitative estimate of drug-likeness (QED) is 0.643. The molecule has 0 unspecified atom stereocenters. The zero-order chi connectivity index (χ0) is 16.2. The highest BCUT2D eigenvalue weighted by Crippen LogP contribution is 2.37. The van der Waals surface area contributed by atoms with Crippen molar-refractivity contribution in [2.24, 2.45) is 0 Å². The number of hydrogen-bond donors (Lipinski definition) is 0. The molecule has 23 heavy (non-hydrogen) atoms. The number of para-hydroxylation sites is 1. The van der Waals surface area contributed by atoms with E-state index in [1.54, 1.807) is 24.2 Å². The van der Waals surface area contributed by atoms with Crippen LogP contribution in [0.3, 0.4) is 0 Å². The minimum atomic E-state index is -0.503. The number of nitrogens with zero attached hydrogens (tertiary/aromatic N) is 2. The van der Waals surface area contributed by atoms with Gasteiger partial charge in [0.05, 0.1) is 24.4 Å². The molecule has 1 amide bonds. The van der Waals surface area contributed by atoms with Crippen molar-refractivity contribution < 1.29 is 14.3 Å². The standard InChI is InChI=1S/C18H16N2O3/c1-2-23-17(21)11-15-14-5-3-4-6-16(14)20(18(15)22)12-13-7-9-19-10-8-13/h3-11H,2,12H2,1H3/b15-11+. The van der Waals surface area contributed by atoms with E-state index < -0.39 is 5.97 Å². The Labute approximate surface area is 134 Å². The normalized spacial score (nSPS) is 14.9. The predicted molar refractivity (Wildman–Crippen MR) is 86.5 cm³/mol. The lowest BCUT2D eigenvalue weighted by atomic mass is 10.1. The summed E-state index contributed by atoms with van der Waals surface area (Å²) in [5, 5.41) is 0. The van der Waals surface area contributed by atoms with E-state index in [1.165, 1.54) is 6.08 Å². The molecule has 0 bridgehead atoms. The van der Waals surface area contributed by atoms with E-state index in [4.69, 9.17) is 4.74 Å². The third-order valence-corrected chi connectivity index (χ3v) is 3.60. The smallest absolute Gasteiger partial charge is 0.331 e. The molecule has 2 heterocycles. The molecule has 5 heteroatoms. The summed E-state index contributed by atoms with van der Waals surface area (Å²) >= 11 is 0. The van der Waals surface area contributed by atoms with Crippen LogP contribution in [0.25, 0.3) is 5.57 Å². The molecule has 3 rings (SSSR count). The average molecular weight is 308 g/mol. The van der Waals surface area contributed by atoms with Gasteiger partial charge in [-0.25, -0.2) is 4.79 Å². The molecule has 0 fully saturated rings. The topological polar surface area (TPSA) is 59.5 Å². The number of benzene rings is 1. The Hall–Kier alpha value is -2.95. The Balaban J connectivity index is 1.97. The second-order valence-electron chi connectivity index (χ2n) is 5.07. The Bertz CT molecular complexity index is 769. The van der Waals surface area contributed by atoms with Gasteiger partial charge >= 0.3 is 5.97 Å². The van der Waals surface area contributed by atoms with Crippen molar-refractivity contribution in [3.63, 3.8) is 0 Å². The molecule has 0 saturated carbocycles. The van der Waals surface area contributed by atoms with Crippen molar-refractivity contribution in [2.45, 2.75) is 13.5 Å². The largest absolute Gasteiger partial charge is 0.463 e. The average Bonchev–Trinajstić information content (AvgIpc) is 2.82. The first-order valence-electron chi connectivity index (χ1n) is 7.39. The fraction of sp³-hybridized carbons (Fsp3) is 0.167. The van der Waals surface area contributed by atoms with Crippen LogP contribution in [0.2, 0.25) is 0 Å². The predicted octanol–water partition coefficient (Wildman–Crippen LogP) is 2.57. The van der Waals surface area contributed by atoms with Crippen LogP contribution in [0, 0.1) is 0 Å². The Morgan fingerprint density at radius 2 is 1.96 bits per heavy atom. The molecule has 1 aliphatic rings. The summed E-state index contributed by atoms with van der Waals surface area (Å²) in [4.78, 5) is 30.1. The van der Waals surface area contributed by atoms with Gasteiger partial charge in [0.25, 0.3) is 5.91 Å². The van der Waals surface area contributed by atoms with Gasteiger partial charge in [-0.3, -0.25) is 9.78 Å². The Morgan fingerprint density at radius 1 is 1.22 bits per heavy atom. The molecule has 0 spiro atoms. The lowest BCUT2D eigenvalue weighted by Gasteiger charge is -2.16. The zero-order valence-electron chi connectivity index (χ0n) is 12.7. The van der Waals surface area contributed by atoms with Crippen LogP contribution in [0.1, 0.15) is 18.1 Å². The van der Waals surface area contributed by atoms with E-state index in [0.717, 1.165) is 16.8 Å². The van der Waals surface area contributed by atoms with Crippen LogP contribution in [-0.4, -0.2) is 23.5 Å². The lowest BCUT2D eigenvalue weighted by molar-refractivity contribution is -0.137. The van der Waals surface area contributed by atoms with Crippen LogP contribution >= 0.6 is 0 Å². The van der Waals surface area contributed by atoms with E-state index in [-0.39, 0.29) is 12.5 Å². The second-order valence-corrected chi connectivity index (χ2v) is 5.07. The summed E-state index contributed by atoms with van der Waals surface area (Å²) in [5.74, 6) is -0.701. The number of rotatable bonds is 4. The molecule has 1 aromatic carbocycles. The first-order valence-corrected chi connectivity index (χ1v) is 7.39. The van der Waals surface area contributed by atoms with Crippen molar-refractivity contribution in [3.05, 3.63) is 66.0 Å². The van der Waals surface area contributed by atoms with Gasteiger partial charge < -0.3 is 9.64 Å². The molecule has 0 N–H and O–H groups in total. The molecule has 116 valence electrons. The number of fused-ring (bicyclic) bond motifs is 1. The first kappa shape index (κ1) is 15.0. The number of amides is 1. The van der Waals surface area contributed by atoms with Gasteiger partial charge in [-0.05, 0) is 30.7 Å². The fourth-order valence-electron chi connectivity index (χ4n) is 2.58. The van der Waals surface area contributed by atoms with Gasteiger partial charge in [0.15, 0.2) is 0 Å². The number of anilines is 1. The summed E-state index contributed by atoms with van der Waals surface area (Å²) in [6, 6.07) is 11.2. The fourth-order valence-corrected chi connectivity index (χ4v) is 2.58. The number of carbonyl (C=O) groups excluding carboxylic acids is 2. The molecule has 0 atom stereocenters. The molecule has 0 radical (unpaired) electrons. The zero-order valence-corrected chi connectivity index (χ0v) is 12.7. The summed E-state index contributed by atoms with van der Waals surface area (Å²) in [7, 11) is 0. The van der Waals surface area contributed by atoms with Crippen molar-refractivity contribution in [1.29, 1.82) is 0 Å². The molecule has 5 nitrogen and oxygen atoms in total. The third-order valence-electron chi connectivity index (χ3n) is 3.60. The van der Waals surface area contributed by atoms with Crippen molar-refractivity contribution in [2.75, 3.05) is 11.5 Å². The van der Waals surface area contributed by atoms with Crippen LogP contribution in [-0.2, 0) is 20.9 Å². The first-order chi connectivity index (χ1) is 11.2. The molecule has 0 saturated heterocycles. The van der Waals surface area contributed by atoms with Gasteiger partial charge in [-0.1, -0.05) is 18.2 Å². The highest BCUT2D eigenvalue weighted by atomic mass is 16.5. The molecule has 2 aromatic rings. The van der Waals surface area contributed by atoms with E-state index in [0.29, 0.717) is 12.1 Å². The van der Waals surface area contributed by atoms with Crippen LogP contribution in [0.4, 0.5) is 5.69 Å². The van der Waals surface area contributed by atoms with E-state index >= 15 is 0 Å². The Morgan fingerprint density at radius 3 is 2.70 bits per heavy atom. The minimum absolute atomic E-state index is 0.198. The third kappa shape index (κ3) is 2.99. The molecule has 1 aromatic heterocycles. The Kier molecular flexibility index (Phi) is 4.19. The second kappa shape index (κ2) is 6.44. The maximum absolute atomic E-state index is 12.7.